The fraction of sp³-hybridized carbons (Fsp3) is 0.833. The zero-order valence-corrected chi connectivity index (χ0v) is 20.2. The molecule has 8 nitrogen and oxygen atoms in total. The summed E-state index contributed by atoms with van der Waals surface area (Å²) in [5.74, 6) is 0. The van der Waals surface area contributed by atoms with Gasteiger partial charge in [0.1, 0.15) is 12.7 Å². The first-order valence-electron chi connectivity index (χ1n) is 11.0. The molecule has 176 valence electrons. The first-order valence-corrected chi connectivity index (χ1v) is 11.0. The van der Waals surface area contributed by atoms with Crippen LogP contribution in [0.15, 0.2) is 9.98 Å². The summed E-state index contributed by atoms with van der Waals surface area (Å²) in [5, 5.41) is 17.0. The Hall–Kier alpha value is -2.66. The van der Waals surface area contributed by atoms with Crippen LogP contribution in [-0.2, 0) is 19.1 Å². The van der Waals surface area contributed by atoms with Gasteiger partial charge in [-0.25, -0.2) is 19.6 Å². The molecule has 0 amide bonds. The van der Waals surface area contributed by atoms with Crippen molar-refractivity contribution in [1.29, 1.82) is 10.5 Å². The Morgan fingerprint density at radius 1 is 0.844 bits per heavy atom. The number of nitrogens with zero attached hydrogens (tertiary/aromatic N) is 4. The molecule has 4 unspecified atom stereocenters. The van der Waals surface area contributed by atoms with E-state index in [9.17, 15) is 9.59 Å². The standard InChI is InChI=1S/2C12H18N2O2/c1-11(2)4-10(16-9-14)5-12(3,6-11)7-15-8-13;1-11(2)4-10(14-9-16)5-12(3,6-11)7-13-8-15/h2*10H,4-7H2,1-3H3. The molecule has 0 aromatic heterocycles. The van der Waals surface area contributed by atoms with Crippen molar-refractivity contribution in [2.24, 2.45) is 31.6 Å². The summed E-state index contributed by atoms with van der Waals surface area (Å²) < 4.78 is 9.92. The normalized spacial score (nSPS) is 32.2. The van der Waals surface area contributed by atoms with Crippen LogP contribution in [-0.4, -0.2) is 37.5 Å². The maximum absolute atomic E-state index is 10.3. The molecule has 32 heavy (non-hydrogen) atoms. The largest absolute Gasteiger partial charge is 0.427 e. The molecular formula is C24H36N4O4. The van der Waals surface area contributed by atoms with Gasteiger partial charge in [0.05, 0.1) is 12.6 Å². The Kier molecular flexibility index (Phi) is 9.65. The third-order valence-electron chi connectivity index (χ3n) is 6.29. The highest BCUT2D eigenvalue weighted by atomic mass is 16.5. The van der Waals surface area contributed by atoms with Crippen molar-refractivity contribution in [1.82, 2.24) is 0 Å². The molecule has 0 spiro atoms. The minimum Gasteiger partial charge on any atom is -0.427 e. The van der Waals surface area contributed by atoms with E-state index in [1.54, 1.807) is 24.7 Å². The SMILES string of the molecule is CC1(C)CC(N=C=O)CC(C)(CN=C=O)C1.CC1(C)CC(OC#N)CC(C)(COC#N)C1. The van der Waals surface area contributed by atoms with E-state index < -0.39 is 0 Å². The lowest BCUT2D eigenvalue weighted by Gasteiger charge is -2.44. The molecule has 0 aromatic rings. The second-order valence-corrected chi connectivity index (χ2v) is 11.6. The fourth-order valence-corrected chi connectivity index (χ4v) is 6.10. The summed E-state index contributed by atoms with van der Waals surface area (Å²) in [5.41, 5.74) is 0.0902. The number of isocyanates is 2. The Labute approximate surface area is 191 Å². The molecule has 0 heterocycles. The van der Waals surface area contributed by atoms with E-state index >= 15 is 0 Å². The molecule has 0 radical (unpaired) electrons. The molecule has 0 N–H and O–H groups in total. The van der Waals surface area contributed by atoms with Crippen LogP contribution in [0.4, 0.5) is 0 Å². The topological polar surface area (TPSA) is 125 Å². The molecule has 2 saturated carbocycles. The number of hydrogen-bond donors (Lipinski definition) is 0. The lowest BCUT2D eigenvalue weighted by atomic mass is 9.63. The molecular weight excluding hydrogens is 408 g/mol. The van der Waals surface area contributed by atoms with Crippen LogP contribution in [0.5, 0.6) is 0 Å². The summed E-state index contributed by atoms with van der Waals surface area (Å²) in [6, 6.07) is 0.00750. The number of hydrogen-bond acceptors (Lipinski definition) is 8. The lowest BCUT2D eigenvalue weighted by molar-refractivity contribution is -0.0364. The Balaban J connectivity index is 0.000000320. The van der Waals surface area contributed by atoms with Gasteiger partial charge in [-0.05, 0) is 54.8 Å². The fourth-order valence-electron chi connectivity index (χ4n) is 6.10. The van der Waals surface area contributed by atoms with Crippen molar-refractivity contribution in [3.63, 3.8) is 0 Å². The molecule has 2 rings (SSSR count). The van der Waals surface area contributed by atoms with Gasteiger partial charge in [0.2, 0.25) is 12.2 Å². The van der Waals surface area contributed by atoms with Gasteiger partial charge >= 0.3 is 0 Å². The van der Waals surface area contributed by atoms with Gasteiger partial charge in [0, 0.05) is 5.41 Å². The second kappa shape index (κ2) is 11.3. The van der Waals surface area contributed by atoms with Crippen molar-refractivity contribution >= 4 is 12.2 Å². The third-order valence-corrected chi connectivity index (χ3v) is 6.29. The van der Waals surface area contributed by atoms with Crippen molar-refractivity contribution in [3.05, 3.63) is 0 Å². The maximum atomic E-state index is 10.3. The number of carbonyl (C=O) groups excluding carboxylic acids is 2. The van der Waals surface area contributed by atoms with E-state index in [1.807, 2.05) is 0 Å². The van der Waals surface area contributed by atoms with Gasteiger partial charge in [0.15, 0.2) is 0 Å². The molecule has 0 bridgehead atoms. The molecule has 2 fully saturated rings. The highest BCUT2D eigenvalue weighted by molar-refractivity contribution is 5.34. The molecule has 0 aliphatic heterocycles. The molecule has 2 aliphatic carbocycles. The van der Waals surface area contributed by atoms with E-state index in [-0.39, 0.29) is 33.8 Å². The predicted octanol–water partition coefficient (Wildman–Crippen LogP) is 4.81. The quantitative estimate of drug-likeness (QED) is 0.329. The van der Waals surface area contributed by atoms with Gasteiger partial charge in [-0.15, -0.1) is 0 Å². The van der Waals surface area contributed by atoms with E-state index in [1.165, 1.54) is 0 Å². The van der Waals surface area contributed by atoms with Crippen LogP contribution >= 0.6 is 0 Å². The first-order chi connectivity index (χ1) is 14.8. The maximum Gasteiger partial charge on any atom is 0.286 e. The summed E-state index contributed by atoms with van der Waals surface area (Å²) in [7, 11) is 0. The van der Waals surface area contributed by atoms with E-state index in [4.69, 9.17) is 20.0 Å². The minimum absolute atomic E-state index is 0.00750. The van der Waals surface area contributed by atoms with Crippen LogP contribution in [0.2, 0.25) is 0 Å². The third kappa shape index (κ3) is 9.23. The predicted molar refractivity (Wildman–Crippen MR) is 118 cm³/mol. The molecule has 2 aliphatic rings. The summed E-state index contributed by atoms with van der Waals surface area (Å²) in [6.45, 7) is 13.7. The number of ether oxygens (including phenoxy) is 2. The van der Waals surface area contributed by atoms with Crippen molar-refractivity contribution in [2.45, 2.75) is 92.2 Å². The van der Waals surface area contributed by atoms with E-state index in [0.717, 1.165) is 38.5 Å². The first kappa shape index (κ1) is 27.4. The molecule has 0 aromatic carbocycles. The van der Waals surface area contributed by atoms with Gasteiger partial charge in [-0.1, -0.05) is 41.5 Å². The van der Waals surface area contributed by atoms with Gasteiger partial charge in [-0.3, -0.25) is 0 Å². The van der Waals surface area contributed by atoms with Crippen LogP contribution < -0.4 is 0 Å². The van der Waals surface area contributed by atoms with Crippen LogP contribution in [0.1, 0.15) is 80.1 Å². The molecule has 4 atom stereocenters. The molecule has 8 heteroatoms. The highest BCUT2D eigenvalue weighted by Gasteiger charge is 2.43. The number of rotatable bonds is 6. The Morgan fingerprint density at radius 2 is 1.47 bits per heavy atom. The van der Waals surface area contributed by atoms with Crippen molar-refractivity contribution in [2.75, 3.05) is 13.2 Å². The Bertz CT molecular complexity index is 815. The summed E-state index contributed by atoms with van der Waals surface area (Å²) >= 11 is 0. The summed E-state index contributed by atoms with van der Waals surface area (Å²) in [4.78, 5) is 28.0. The van der Waals surface area contributed by atoms with Gasteiger partial charge in [-0.2, -0.15) is 10.5 Å². The van der Waals surface area contributed by atoms with Crippen molar-refractivity contribution in [3.8, 4) is 12.5 Å². The summed E-state index contributed by atoms with van der Waals surface area (Å²) in [6.07, 6.45) is 11.9. The molecule has 0 saturated heterocycles. The highest BCUT2D eigenvalue weighted by Crippen LogP contribution is 2.48. The number of nitriles is 2. The van der Waals surface area contributed by atoms with Crippen LogP contribution in [0, 0.1) is 44.7 Å². The zero-order chi connectivity index (χ0) is 24.5. The van der Waals surface area contributed by atoms with Gasteiger partial charge in [0.25, 0.3) is 12.5 Å². The van der Waals surface area contributed by atoms with Crippen LogP contribution in [0.3, 0.4) is 0 Å². The lowest BCUT2D eigenvalue weighted by Crippen LogP contribution is -2.41. The van der Waals surface area contributed by atoms with Gasteiger partial charge < -0.3 is 9.47 Å². The van der Waals surface area contributed by atoms with Crippen LogP contribution in [0.25, 0.3) is 0 Å². The average Bonchev–Trinajstić information content (AvgIpc) is 2.63. The van der Waals surface area contributed by atoms with Crippen molar-refractivity contribution < 1.29 is 19.1 Å². The smallest absolute Gasteiger partial charge is 0.286 e. The minimum atomic E-state index is -0.0843. The van der Waals surface area contributed by atoms with E-state index in [2.05, 4.69) is 51.5 Å². The number of aliphatic imine (C=N–C) groups is 2. The zero-order valence-electron chi connectivity index (χ0n) is 20.2. The van der Waals surface area contributed by atoms with E-state index in [0.29, 0.717) is 13.2 Å². The Morgan fingerprint density at radius 3 is 2.03 bits per heavy atom. The monoisotopic (exact) mass is 444 g/mol. The second-order valence-electron chi connectivity index (χ2n) is 11.6. The average molecular weight is 445 g/mol.